The van der Waals surface area contributed by atoms with Crippen LogP contribution in [-0.4, -0.2) is 54.4 Å². The molecule has 0 aliphatic rings. The average molecular weight is 287 g/mol. The first-order valence-corrected chi connectivity index (χ1v) is 7.49. The second kappa shape index (κ2) is 6.76. The zero-order valence-corrected chi connectivity index (χ0v) is 13.4. The summed E-state index contributed by atoms with van der Waals surface area (Å²) < 4.78 is 0. The molecule has 0 saturated carbocycles. The minimum Gasteiger partial charge on any atom is -0.361 e. The largest absolute Gasteiger partial charge is 0.361 e. The Labute approximate surface area is 126 Å². The number of hydrogen-bond donors (Lipinski definition) is 1. The lowest BCUT2D eigenvalue weighted by atomic mass is 10.1. The van der Waals surface area contributed by atoms with Gasteiger partial charge in [0.15, 0.2) is 0 Å². The highest BCUT2D eigenvalue weighted by molar-refractivity contribution is 6.06. The molecule has 4 heteroatoms. The molecular weight excluding hydrogens is 262 g/mol. The predicted octanol–water partition coefficient (Wildman–Crippen LogP) is 2.83. The molecule has 2 rings (SSSR count). The molecule has 0 unspecified atom stereocenters. The number of aromatic amines is 1. The monoisotopic (exact) mass is 287 g/mol. The van der Waals surface area contributed by atoms with E-state index in [0.717, 1.165) is 36.1 Å². The molecular formula is C17H25N3O. The summed E-state index contributed by atoms with van der Waals surface area (Å²) in [5.74, 6) is 0.581. The number of fused-ring (bicyclic) bond motifs is 1. The molecule has 4 nitrogen and oxygen atoms in total. The van der Waals surface area contributed by atoms with Crippen molar-refractivity contribution in [2.75, 3.05) is 33.7 Å². The number of hydrogen-bond acceptors (Lipinski definition) is 2. The molecule has 0 aliphatic carbocycles. The van der Waals surface area contributed by atoms with Crippen molar-refractivity contribution in [2.24, 2.45) is 5.92 Å². The lowest BCUT2D eigenvalue weighted by Crippen LogP contribution is -2.39. The van der Waals surface area contributed by atoms with Gasteiger partial charge in [-0.15, -0.1) is 0 Å². The van der Waals surface area contributed by atoms with E-state index < -0.39 is 0 Å². The van der Waals surface area contributed by atoms with Gasteiger partial charge in [0, 0.05) is 42.3 Å². The molecule has 0 aliphatic heterocycles. The lowest BCUT2D eigenvalue weighted by Gasteiger charge is -2.26. The van der Waals surface area contributed by atoms with E-state index in [1.54, 1.807) is 0 Å². The van der Waals surface area contributed by atoms with Crippen molar-refractivity contribution in [3.63, 3.8) is 0 Å². The summed E-state index contributed by atoms with van der Waals surface area (Å²) in [6, 6.07) is 7.83. The highest BCUT2D eigenvalue weighted by Gasteiger charge is 2.19. The van der Waals surface area contributed by atoms with Crippen LogP contribution in [-0.2, 0) is 0 Å². The molecule has 0 fully saturated rings. The molecule has 0 radical (unpaired) electrons. The molecule has 0 atom stereocenters. The van der Waals surface area contributed by atoms with Crippen molar-refractivity contribution in [3.8, 4) is 0 Å². The minimum absolute atomic E-state index is 0.121. The molecule has 1 amide bonds. The molecule has 1 N–H and O–H groups in total. The maximum atomic E-state index is 12.9. The van der Waals surface area contributed by atoms with E-state index in [0.29, 0.717) is 5.92 Å². The van der Waals surface area contributed by atoms with E-state index >= 15 is 0 Å². The van der Waals surface area contributed by atoms with Crippen LogP contribution in [0.5, 0.6) is 0 Å². The first-order chi connectivity index (χ1) is 9.99. The van der Waals surface area contributed by atoms with Crippen molar-refractivity contribution < 1.29 is 4.79 Å². The predicted molar refractivity (Wildman–Crippen MR) is 87.6 cm³/mol. The number of amides is 1. The van der Waals surface area contributed by atoms with Crippen molar-refractivity contribution in [1.82, 2.24) is 14.8 Å². The summed E-state index contributed by atoms with van der Waals surface area (Å²) >= 11 is 0. The molecule has 1 aromatic carbocycles. The first-order valence-electron chi connectivity index (χ1n) is 7.49. The van der Waals surface area contributed by atoms with Crippen LogP contribution in [0.2, 0.25) is 0 Å². The van der Waals surface area contributed by atoms with Crippen molar-refractivity contribution in [3.05, 3.63) is 36.0 Å². The Hall–Kier alpha value is -1.81. The Balaban J connectivity index is 2.26. The number of nitrogens with zero attached hydrogens (tertiary/aromatic N) is 2. The SMILES string of the molecule is CC(C)CN(CCN(C)C)C(=O)c1cccc2[nH]ccc12. The quantitative estimate of drug-likeness (QED) is 0.887. The van der Waals surface area contributed by atoms with Crippen LogP contribution >= 0.6 is 0 Å². The number of benzene rings is 1. The van der Waals surface area contributed by atoms with Crippen LogP contribution in [0.15, 0.2) is 30.5 Å². The van der Waals surface area contributed by atoms with Gasteiger partial charge in [-0.05, 0) is 38.2 Å². The fraction of sp³-hybridized carbons (Fsp3) is 0.471. The van der Waals surface area contributed by atoms with Crippen LogP contribution in [0.4, 0.5) is 0 Å². The van der Waals surface area contributed by atoms with Crippen LogP contribution in [0.1, 0.15) is 24.2 Å². The third kappa shape index (κ3) is 3.85. The fourth-order valence-electron chi connectivity index (χ4n) is 2.48. The van der Waals surface area contributed by atoms with Crippen LogP contribution in [0, 0.1) is 5.92 Å². The molecule has 0 spiro atoms. The van der Waals surface area contributed by atoms with E-state index in [2.05, 4.69) is 23.7 Å². The second-order valence-corrected chi connectivity index (χ2v) is 6.19. The summed E-state index contributed by atoms with van der Waals surface area (Å²) in [7, 11) is 4.07. The van der Waals surface area contributed by atoms with Gasteiger partial charge in [0.25, 0.3) is 5.91 Å². The Morgan fingerprint density at radius 3 is 2.62 bits per heavy atom. The van der Waals surface area contributed by atoms with E-state index in [9.17, 15) is 4.79 Å². The molecule has 0 saturated heterocycles. The van der Waals surface area contributed by atoms with E-state index in [1.807, 2.05) is 49.5 Å². The second-order valence-electron chi connectivity index (χ2n) is 6.19. The number of likely N-dealkylation sites (N-methyl/N-ethyl adjacent to an activating group) is 1. The lowest BCUT2D eigenvalue weighted by molar-refractivity contribution is 0.0726. The summed E-state index contributed by atoms with van der Waals surface area (Å²) in [5, 5.41) is 1.00. The highest BCUT2D eigenvalue weighted by atomic mass is 16.2. The van der Waals surface area contributed by atoms with Gasteiger partial charge in [0.2, 0.25) is 0 Å². The molecule has 2 aromatic rings. The first kappa shape index (κ1) is 15.6. The van der Waals surface area contributed by atoms with E-state index in [1.165, 1.54) is 0 Å². The molecule has 21 heavy (non-hydrogen) atoms. The van der Waals surface area contributed by atoms with Crippen molar-refractivity contribution in [1.29, 1.82) is 0 Å². The summed E-state index contributed by atoms with van der Waals surface area (Å²) in [6.45, 7) is 6.71. The topological polar surface area (TPSA) is 39.3 Å². The summed E-state index contributed by atoms with van der Waals surface area (Å²) in [5.41, 5.74) is 1.80. The normalized spacial score (nSPS) is 11.5. The van der Waals surface area contributed by atoms with Gasteiger partial charge < -0.3 is 14.8 Å². The Morgan fingerprint density at radius 2 is 1.95 bits per heavy atom. The maximum absolute atomic E-state index is 12.9. The van der Waals surface area contributed by atoms with Crippen LogP contribution in [0.25, 0.3) is 10.9 Å². The van der Waals surface area contributed by atoms with Crippen molar-refractivity contribution in [2.45, 2.75) is 13.8 Å². The minimum atomic E-state index is 0.121. The molecule has 1 aromatic heterocycles. The summed E-state index contributed by atoms with van der Waals surface area (Å²) in [4.78, 5) is 20.1. The van der Waals surface area contributed by atoms with E-state index in [4.69, 9.17) is 0 Å². The number of carbonyl (C=O) groups is 1. The Morgan fingerprint density at radius 1 is 1.19 bits per heavy atom. The molecule has 114 valence electrons. The smallest absolute Gasteiger partial charge is 0.254 e. The maximum Gasteiger partial charge on any atom is 0.254 e. The average Bonchev–Trinajstić information content (AvgIpc) is 2.90. The van der Waals surface area contributed by atoms with Crippen LogP contribution < -0.4 is 0 Å². The van der Waals surface area contributed by atoms with Gasteiger partial charge in [-0.1, -0.05) is 19.9 Å². The van der Waals surface area contributed by atoms with Gasteiger partial charge >= 0.3 is 0 Å². The number of rotatable bonds is 6. The van der Waals surface area contributed by atoms with E-state index in [-0.39, 0.29) is 5.91 Å². The third-order valence-corrected chi connectivity index (χ3v) is 3.52. The number of carbonyl (C=O) groups excluding carboxylic acids is 1. The third-order valence-electron chi connectivity index (χ3n) is 3.52. The van der Waals surface area contributed by atoms with Crippen molar-refractivity contribution >= 4 is 16.8 Å². The summed E-state index contributed by atoms with van der Waals surface area (Å²) in [6.07, 6.45) is 1.88. The number of H-pyrrole nitrogens is 1. The van der Waals surface area contributed by atoms with Gasteiger partial charge in [0.1, 0.15) is 0 Å². The zero-order valence-electron chi connectivity index (χ0n) is 13.4. The molecule has 0 bridgehead atoms. The standard InChI is InChI=1S/C17H25N3O/c1-13(2)12-20(11-10-19(3)4)17(21)15-6-5-7-16-14(15)8-9-18-16/h5-9,13,18H,10-12H2,1-4H3. The van der Waals surface area contributed by atoms with Crippen LogP contribution in [0.3, 0.4) is 0 Å². The number of nitrogens with one attached hydrogen (secondary N) is 1. The fourth-order valence-corrected chi connectivity index (χ4v) is 2.48. The Kier molecular flexibility index (Phi) is 5.02. The van der Waals surface area contributed by atoms with Gasteiger partial charge in [-0.25, -0.2) is 0 Å². The zero-order chi connectivity index (χ0) is 15.4. The van der Waals surface area contributed by atoms with Gasteiger partial charge in [0.05, 0.1) is 0 Å². The van der Waals surface area contributed by atoms with Gasteiger partial charge in [-0.2, -0.15) is 0 Å². The molecule has 1 heterocycles. The van der Waals surface area contributed by atoms with Gasteiger partial charge in [-0.3, -0.25) is 4.79 Å². The Bertz CT molecular complexity index is 601. The number of aromatic nitrogens is 1. The highest BCUT2D eigenvalue weighted by Crippen LogP contribution is 2.19.